The lowest BCUT2D eigenvalue weighted by Gasteiger charge is -2.11. The number of nitriles is 1. The third-order valence-electron chi connectivity index (χ3n) is 1.55. The van der Waals surface area contributed by atoms with Crippen molar-refractivity contribution in [2.75, 3.05) is 26.8 Å². The van der Waals surface area contributed by atoms with E-state index in [0.29, 0.717) is 13.1 Å². The van der Waals surface area contributed by atoms with E-state index in [4.69, 9.17) is 10.4 Å². The molecule has 0 rings (SSSR count). The van der Waals surface area contributed by atoms with Crippen molar-refractivity contribution >= 4 is 5.97 Å². The van der Waals surface area contributed by atoms with Crippen LogP contribution >= 0.6 is 0 Å². The zero-order chi connectivity index (χ0) is 12.1. The molecule has 7 heteroatoms. The molecular weight excluding hydrogens is 200 g/mol. The standard InChI is InChI=1S/C8H14N2O3.H4N2/c1-13-8(12)7(2-3-9)6-10-4-5-11;1-2/h7,10-11H,2,4-6H2,1H3;1-2H2. The first-order valence-electron chi connectivity index (χ1n) is 4.36. The molecule has 1 unspecified atom stereocenters. The van der Waals surface area contributed by atoms with Crippen molar-refractivity contribution in [1.29, 1.82) is 5.26 Å². The fourth-order valence-corrected chi connectivity index (χ4v) is 0.871. The van der Waals surface area contributed by atoms with Crippen LogP contribution in [0.1, 0.15) is 6.42 Å². The third-order valence-corrected chi connectivity index (χ3v) is 1.55. The Labute approximate surface area is 89.0 Å². The van der Waals surface area contributed by atoms with Crippen LogP contribution in [0.3, 0.4) is 0 Å². The Kier molecular flexibility index (Phi) is 13.9. The molecule has 1 atom stereocenters. The molecule has 0 heterocycles. The van der Waals surface area contributed by atoms with E-state index in [9.17, 15) is 4.79 Å². The van der Waals surface area contributed by atoms with Gasteiger partial charge >= 0.3 is 5.97 Å². The van der Waals surface area contributed by atoms with E-state index >= 15 is 0 Å². The van der Waals surface area contributed by atoms with E-state index in [1.54, 1.807) is 0 Å². The predicted octanol–water partition coefficient (Wildman–Crippen LogP) is -1.91. The first kappa shape index (κ1) is 16.2. The number of aliphatic hydroxyl groups is 1. The van der Waals surface area contributed by atoms with Crippen molar-refractivity contribution in [2.45, 2.75) is 6.42 Å². The highest BCUT2D eigenvalue weighted by atomic mass is 16.5. The van der Waals surface area contributed by atoms with Gasteiger partial charge in [0.15, 0.2) is 0 Å². The third kappa shape index (κ3) is 9.11. The fraction of sp³-hybridized carbons (Fsp3) is 0.750. The quantitative estimate of drug-likeness (QED) is 0.177. The number of hydrogen-bond acceptors (Lipinski definition) is 7. The Bertz CT molecular complexity index is 193. The van der Waals surface area contributed by atoms with Crippen LogP contribution in [0, 0.1) is 17.2 Å². The van der Waals surface area contributed by atoms with E-state index in [0.717, 1.165) is 0 Å². The second-order valence-electron chi connectivity index (χ2n) is 2.51. The number of methoxy groups -OCH3 is 1. The highest BCUT2D eigenvalue weighted by molar-refractivity contribution is 5.72. The SMILES string of the molecule is COC(=O)C(CC#N)CNCCO.NN. The summed E-state index contributed by atoms with van der Waals surface area (Å²) >= 11 is 0. The lowest BCUT2D eigenvalue weighted by atomic mass is 10.1. The Morgan fingerprint density at radius 1 is 1.67 bits per heavy atom. The van der Waals surface area contributed by atoms with Crippen LogP contribution in [-0.4, -0.2) is 37.9 Å². The van der Waals surface area contributed by atoms with Crippen molar-refractivity contribution in [3.05, 3.63) is 0 Å². The number of esters is 1. The molecule has 0 fully saturated rings. The van der Waals surface area contributed by atoms with Gasteiger partial charge in [-0.3, -0.25) is 16.5 Å². The summed E-state index contributed by atoms with van der Waals surface area (Å²) < 4.78 is 4.50. The minimum atomic E-state index is -0.443. The molecule has 0 aliphatic heterocycles. The lowest BCUT2D eigenvalue weighted by Crippen LogP contribution is -2.30. The molecule has 0 bridgehead atoms. The molecule has 0 radical (unpaired) electrons. The van der Waals surface area contributed by atoms with Crippen LogP contribution in [0.25, 0.3) is 0 Å². The Hall–Kier alpha value is -1.20. The van der Waals surface area contributed by atoms with Gasteiger partial charge in [0.05, 0.1) is 25.7 Å². The number of carbonyl (C=O) groups excluding carboxylic acids is 1. The monoisotopic (exact) mass is 218 g/mol. The zero-order valence-electron chi connectivity index (χ0n) is 8.77. The predicted molar refractivity (Wildman–Crippen MR) is 54.1 cm³/mol. The Morgan fingerprint density at radius 3 is 2.67 bits per heavy atom. The molecule has 88 valence electrons. The number of nitrogens with one attached hydrogen (secondary N) is 1. The maximum atomic E-state index is 11.0. The molecule has 7 nitrogen and oxygen atoms in total. The van der Waals surface area contributed by atoms with Gasteiger partial charge in [0, 0.05) is 19.5 Å². The molecule has 0 amide bonds. The summed E-state index contributed by atoms with van der Waals surface area (Å²) in [4.78, 5) is 11.0. The molecule has 0 saturated heterocycles. The second-order valence-corrected chi connectivity index (χ2v) is 2.51. The highest BCUT2D eigenvalue weighted by Crippen LogP contribution is 2.02. The smallest absolute Gasteiger partial charge is 0.311 e. The van der Waals surface area contributed by atoms with Gasteiger partial charge < -0.3 is 15.2 Å². The molecule has 0 aromatic rings. The molecule has 15 heavy (non-hydrogen) atoms. The van der Waals surface area contributed by atoms with E-state index in [1.165, 1.54) is 7.11 Å². The molecule has 0 aromatic carbocycles. The maximum Gasteiger partial charge on any atom is 0.311 e. The van der Waals surface area contributed by atoms with Gasteiger partial charge in [-0.05, 0) is 0 Å². The molecule has 0 aromatic heterocycles. The van der Waals surface area contributed by atoms with Crippen molar-refractivity contribution in [3.63, 3.8) is 0 Å². The van der Waals surface area contributed by atoms with E-state index < -0.39 is 11.9 Å². The van der Waals surface area contributed by atoms with E-state index in [1.807, 2.05) is 6.07 Å². The Balaban J connectivity index is 0. The number of carbonyl (C=O) groups is 1. The van der Waals surface area contributed by atoms with Gasteiger partial charge in [-0.15, -0.1) is 0 Å². The van der Waals surface area contributed by atoms with E-state index in [2.05, 4.69) is 21.7 Å². The van der Waals surface area contributed by atoms with E-state index in [-0.39, 0.29) is 13.0 Å². The van der Waals surface area contributed by atoms with Crippen molar-refractivity contribution in [3.8, 4) is 6.07 Å². The number of hydrogen-bond donors (Lipinski definition) is 4. The normalized spacial score (nSPS) is 10.6. The molecule has 0 aliphatic rings. The van der Waals surface area contributed by atoms with Gasteiger partial charge in [0.25, 0.3) is 0 Å². The molecule has 6 N–H and O–H groups in total. The summed E-state index contributed by atoms with van der Waals surface area (Å²) in [6, 6.07) is 1.91. The summed E-state index contributed by atoms with van der Waals surface area (Å²) in [7, 11) is 1.29. The summed E-state index contributed by atoms with van der Waals surface area (Å²) in [5, 5.41) is 19.7. The number of rotatable bonds is 6. The van der Waals surface area contributed by atoms with Crippen LogP contribution in [0.2, 0.25) is 0 Å². The molecule has 0 spiro atoms. The maximum absolute atomic E-state index is 11.0. The lowest BCUT2D eigenvalue weighted by molar-refractivity contribution is -0.145. The summed E-state index contributed by atoms with van der Waals surface area (Å²) in [6.45, 7) is 0.792. The minimum Gasteiger partial charge on any atom is -0.469 e. The van der Waals surface area contributed by atoms with Crippen LogP contribution < -0.4 is 17.0 Å². The number of aliphatic hydroxyl groups excluding tert-OH is 1. The summed E-state index contributed by atoms with van der Waals surface area (Å²) in [5.41, 5.74) is 0. The number of nitrogens with two attached hydrogens (primary N) is 2. The first-order chi connectivity index (χ1) is 7.26. The molecular formula is C8H18N4O3. The first-order valence-corrected chi connectivity index (χ1v) is 4.36. The molecule has 0 aliphatic carbocycles. The van der Waals surface area contributed by atoms with Gasteiger partial charge in [0.2, 0.25) is 0 Å². The largest absolute Gasteiger partial charge is 0.469 e. The van der Waals surface area contributed by atoms with Crippen LogP contribution in [0.15, 0.2) is 0 Å². The minimum absolute atomic E-state index is 0.0143. The topological polar surface area (TPSA) is 134 Å². The fourth-order valence-electron chi connectivity index (χ4n) is 0.871. The average molecular weight is 218 g/mol. The van der Waals surface area contributed by atoms with Crippen LogP contribution in [0.4, 0.5) is 0 Å². The Morgan fingerprint density at radius 2 is 2.27 bits per heavy atom. The molecule has 0 saturated carbocycles. The highest BCUT2D eigenvalue weighted by Gasteiger charge is 2.17. The van der Waals surface area contributed by atoms with Crippen molar-refractivity contribution < 1.29 is 14.6 Å². The van der Waals surface area contributed by atoms with Crippen molar-refractivity contribution in [2.24, 2.45) is 17.6 Å². The van der Waals surface area contributed by atoms with Crippen LogP contribution in [0.5, 0.6) is 0 Å². The van der Waals surface area contributed by atoms with Gasteiger partial charge in [0.1, 0.15) is 0 Å². The second kappa shape index (κ2) is 12.8. The summed E-state index contributed by atoms with van der Waals surface area (Å²) in [5.74, 6) is 7.16. The number of hydrazine groups is 1. The van der Waals surface area contributed by atoms with Gasteiger partial charge in [-0.2, -0.15) is 5.26 Å². The summed E-state index contributed by atoms with van der Waals surface area (Å²) in [6.07, 6.45) is 0.130. The number of ether oxygens (including phenoxy) is 1. The van der Waals surface area contributed by atoms with Crippen molar-refractivity contribution in [1.82, 2.24) is 5.32 Å². The van der Waals surface area contributed by atoms with Gasteiger partial charge in [-0.25, -0.2) is 0 Å². The number of nitrogens with zero attached hydrogens (tertiary/aromatic N) is 1. The average Bonchev–Trinajstić information content (AvgIpc) is 2.30. The van der Waals surface area contributed by atoms with Gasteiger partial charge in [-0.1, -0.05) is 0 Å². The van der Waals surface area contributed by atoms with Crippen LogP contribution in [-0.2, 0) is 9.53 Å². The zero-order valence-corrected chi connectivity index (χ0v) is 8.77.